The van der Waals surface area contributed by atoms with E-state index in [0.717, 1.165) is 25.9 Å². The summed E-state index contributed by atoms with van der Waals surface area (Å²) < 4.78 is 0. The zero-order valence-electron chi connectivity index (χ0n) is 10.5. The zero-order valence-corrected chi connectivity index (χ0v) is 10.5. The summed E-state index contributed by atoms with van der Waals surface area (Å²) in [7, 11) is 1.97. The number of likely N-dealkylation sites (tertiary alicyclic amines) is 1. The van der Waals surface area contributed by atoms with Crippen LogP contribution in [0.3, 0.4) is 0 Å². The number of nitrogens with zero attached hydrogens (tertiary/aromatic N) is 2. The second-order valence-corrected chi connectivity index (χ2v) is 4.35. The van der Waals surface area contributed by atoms with Gasteiger partial charge in [0.25, 0.3) is 0 Å². The molecule has 6 heteroatoms. The maximum absolute atomic E-state index is 11.8. The molecule has 1 rings (SSSR count). The lowest BCUT2D eigenvalue weighted by molar-refractivity contribution is -0.132. The Morgan fingerprint density at radius 3 is 2.59 bits per heavy atom. The first-order valence-corrected chi connectivity index (χ1v) is 6.14. The quantitative estimate of drug-likeness (QED) is 0.335. The summed E-state index contributed by atoms with van der Waals surface area (Å²) in [5, 5.41) is 3.24. The lowest BCUT2D eigenvalue weighted by Crippen LogP contribution is -2.43. The van der Waals surface area contributed by atoms with Gasteiger partial charge in [0.05, 0.1) is 0 Å². The molecule has 0 spiro atoms. The molecule has 0 saturated carbocycles. The highest BCUT2D eigenvalue weighted by Crippen LogP contribution is 2.11. The van der Waals surface area contributed by atoms with Crippen molar-refractivity contribution in [1.29, 1.82) is 0 Å². The molecule has 0 unspecified atom stereocenters. The van der Waals surface area contributed by atoms with Crippen LogP contribution < -0.4 is 16.8 Å². The number of hydrogen-bond donors (Lipinski definition) is 3. The number of carbonyl (C=O) groups is 1. The third-order valence-corrected chi connectivity index (χ3v) is 3.10. The molecular formula is C11H23N5O. The lowest BCUT2D eigenvalue weighted by Gasteiger charge is -2.31. The van der Waals surface area contributed by atoms with Crippen LogP contribution in [0.25, 0.3) is 0 Å². The minimum Gasteiger partial charge on any atom is -0.370 e. The second kappa shape index (κ2) is 7.11. The van der Waals surface area contributed by atoms with E-state index in [1.54, 1.807) is 0 Å². The number of nitrogens with one attached hydrogen (secondary N) is 1. The van der Waals surface area contributed by atoms with Crippen LogP contribution in [0.4, 0.5) is 0 Å². The van der Waals surface area contributed by atoms with Gasteiger partial charge in [-0.2, -0.15) is 0 Å². The van der Waals surface area contributed by atoms with Gasteiger partial charge in [-0.1, -0.05) is 0 Å². The Labute approximate surface area is 102 Å². The molecular weight excluding hydrogens is 218 g/mol. The number of piperidine rings is 1. The predicted octanol–water partition coefficient (Wildman–Crippen LogP) is -0.750. The third kappa shape index (κ3) is 5.04. The van der Waals surface area contributed by atoms with Crippen LogP contribution in [0.15, 0.2) is 4.99 Å². The highest BCUT2D eigenvalue weighted by atomic mass is 16.2. The molecule has 0 aliphatic carbocycles. The molecule has 1 aliphatic heterocycles. The fraction of sp³-hybridized carbons (Fsp3) is 0.818. The van der Waals surface area contributed by atoms with Crippen LogP contribution in [0.1, 0.15) is 25.7 Å². The molecule has 1 amide bonds. The van der Waals surface area contributed by atoms with E-state index in [-0.39, 0.29) is 11.9 Å². The van der Waals surface area contributed by atoms with Crippen molar-refractivity contribution < 1.29 is 4.79 Å². The fourth-order valence-electron chi connectivity index (χ4n) is 2.01. The van der Waals surface area contributed by atoms with Crippen LogP contribution in [-0.4, -0.2) is 49.5 Å². The van der Waals surface area contributed by atoms with Crippen molar-refractivity contribution in [1.82, 2.24) is 10.2 Å². The molecule has 0 aromatic rings. The van der Waals surface area contributed by atoms with Crippen LogP contribution in [0, 0.1) is 0 Å². The average molecular weight is 241 g/mol. The molecule has 0 radical (unpaired) electrons. The Balaban J connectivity index is 2.18. The molecule has 5 N–H and O–H groups in total. The van der Waals surface area contributed by atoms with Crippen molar-refractivity contribution in [3.8, 4) is 0 Å². The number of aliphatic imine (C=N–C) groups is 1. The number of guanidine groups is 1. The highest BCUT2D eigenvalue weighted by Gasteiger charge is 2.20. The topological polar surface area (TPSA) is 96.7 Å². The van der Waals surface area contributed by atoms with Gasteiger partial charge in [0.15, 0.2) is 5.96 Å². The molecule has 0 atom stereocenters. The van der Waals surface area contributed by atoms with Gasteiger partial charge in [0.2, 0.25) is 5.91 Å². The Bertz CT molecular complexity index is 267. The highest BCUT2D eigenvalue weighted by molar-refractivity contribution is 5.77. The maximum Gasteiger partial charge on any atom is 0.222 e. The second-order valence-electron chi connectivity index (χ2n) is 4.35. The first-order chi connectivity index (χ1) is 8.13. The fourth-order valence-corrected chi connectivity index (χ4v) is 2.01. The molecule has 98 valence electrons. The summed E-state index contributed by atoms with van der Waals surface area (Å²) in [6, 6.07) is 0.556. The van der Waals surface area contributed by atoms with Crippen LogP contribution in [0.5, 0.6) is 0 Å². The van der Waals surface area contributed by atoms with Gasteiger partial charge in [-0.15, -0.1) is 0 Å². The number of carbonyl (C=O) groups excluding carboxylic acids is 1. The first-order valence-electron chi connectivity index (χ1n) is 6.14. The zero-order chi connectivity index (χ0) is 12.7. The summed E-state index contributed by atoms with van der Waals surface area (Å²) in [6.45, 7) is 2.24. The van der Waals surface area contributed by atoms with Crippen molar-refractivity contribution in [2.24, 2.45) is 16.5 Å². The Morgan fingerprint density at radius 2 is 2.06 bits per heavy atom. The molecule has 0 bridgehead atoms. The minimum absolute atomic E-state index is 0.0901. The number of amides is 1. The van der Waals surface area contributed by atoms with Gasteiger partial charge >= 0.3 is 0 Å². The van der Waals surface area contributed by atoms with Crippen molar-refractivity contribution >= 4 is 11.9 Å². The smallest absolute Gasteiger partial charge is 0.222 e. The number of hydrogen-bond acceptors (Lipinski definition) is 3. The molecule has 1 aliphatic rings. The number of rotatable bonds is 5. The summed E-state index contributed by atoms with van der Waals surface area (Å²) in [5.41, 5.74) is 10.4. The molecule has 0 aromatic carbocycles. The molecule has 17 heavy (non-hydrogen) atoms. The van der Waals surface area contributed by atoms with E-state index in [2.05, 4.69) is 10.3 Å². The van der Waals surface area contributed by atoms with Gasteiger partial charge in [-0.3, -0.25) is 9.79 Å². The maximum atomic E-state index is 11.8. The average Bonchev–Trinajstić information content (AvgIpc) is 2.34. The third-order valence-electron chi connectivity index (χ3n) is 3.10. The van der Waals surface area contributed by atoms with Gasteiger partial charge in [-0.25, -0.2) is 0 Å². The van der Waals surface area contributed by atoms with E-state index in [1.165, 1.54) is 0 Å². The standard InChI is InChI=1S/C11H23N5O/c1-14-9-4-7-16(8-5-9)10(17)3-2-6-15-11(12)13/h9,14H,2-8H2,1H3,(H4,12,13,15). The van der Waals surface area contributed by atoms with Crippen molar-refractivity contribution in [2.75, 3.05) is 26.7 Å². The first kappa shape index (κ1) is 13.8. The van der Waals surface area contributed by atoms with Crippen molar-refractivity contribution in [3.05, 3.63) is 0 Å². The summed E-state index contributed by atoms with van der Waals surface area (Å²) in [4.78, 5) is 17.6. The van der Waals surface area contributed by atoms with E-state index in [4.69, 9.17) is 11.5 Å². The van der Waals surface area contributed by atoms with Crippen LogP contribution in [-0.2, 0) is 4.79 Å². The monoisotopic (exact) mass is 241 g/mol. The minimum atomic E-state index is 0.0901. The SMILES string of the molecule is CNC1CCN(C(=O)CCCN=C(N)N)CC1. The van der Waals surface area contributed by atoms with Crippen LogP contribution >= 0.6 is 0 Å². The van der Waals surface area contributed by atoms with E-state index in [1.807, 2.05) is 11.9 Å². The largest absolute Gasteiger partial charge is 0.370 e. The van der Waals surface area contributed by atoms with Gasteiger partial charge in [-0.05, 0) is 26.3 Å². The van der Waals surface area contributed by atoms with Crippen molar-refractivity contribution in [2.45, 2.75) is 31.7 Å². The van der Waals surface area contributed by atoms with E-state index in [0.29, 0.717) is 25.4 Å². The van der Waals surface area contributed by atoms with Gasteiger partial charge < -0.3 is 21.7 Å². The Morgan fingerprint density at radius 1 is 1.41 bits per heavy atom. The molecule has 6 nitrogen and oxygen atoms in total. The van der Waals surface area contributed by atoms with Gasteiger partial charge in [0.1, 0.15) is 0 Å². The molecule has 1 saturated heterocycles. The summed E-state index contributed by atoms with van der Waals surface area (Å²) >= 11 is 0. The lowest BCUT2D eigenvalue weighted by atomic mass is 10.0. The molecule has 1 heterocycles. The summed E-state index contributed by atoms with van der Waals surface area (Å²) in [5.74, 6) is 0.303. The predicted molar refractivity (Wildman–Crippen MR) is 68.6 cm³/mol. The van der Waals surface area contributed by atoms with E-state index >= 15 is 0 Å². The normalized spacial score (nSPS) is 16.9. The van der Waals surface area contributed by atoms with E-state index in [9.17, 15) is 4.79 Å². The molecule has 1 fully saturated rings. The Hall–Kier alpha value is -1.30. The number of nitrogens with two attached hydrogens (primary N) is 2. The van der Waals surface area contributed by atoms with Gasteiger partial charge in [0, 0.05) is 32.1 Å². The summed E-state index contributed by atoms with van der Waals surface area (Å²) in [6.07, 6.45) is 3.32. The van der Waals surface area contributed by atoms with Crippen molar-refractivity contribution in [3.63, 3.8) is 0 Å². The Kier molecular flexibility index (Phi) is 5.76. The van der Waals surface area contributed by atoms with E-state index < -0.39 is 0 Å². The molecule has 0 aromatic heterocycles. The van der Waals surface area contributed by atoms with Crippen LogP contribution in [0.2, 0.25) is 0 Å².